The van der Waals surface area contributed by atoms with Crippen molar-refractivity contribution in [2.75, 3.05) is 11.4 Å². The normalized spacial score (nSPS) is 27.0. The third-order valence-corrected chi connectivity index (χ3v) is 5.32. The van der Waals surface area contributed by atoms with Gasteiger partial charge in [-0.15, -0.1) is 0 Å². The lowest BCUT2D eigenvalue weighted by molar-refractivity contribution is -0.128. The average Bonchev–Trinajstić information content (AvgIpc) is 3.47. The maximum absolute atomic E-state index is 12.6. The highest BCUT2D eigenvalue weighted by Gasteiger charge is 2.43. The zero-order valence-electron chi connectivity index (χ0n) is 13.7. The van der Waals surface area contributed by atoms with E-state index in [1.54, 1.807) is 0 Å². The number of aliphatic hydroxyl groups is 1. The van der Waals surface area contributed by atoms with Crippen molar-refractivity contribution in [3.63, 3.8) is 0 Å². The molecule has 0 aromatic heterocycles. The molecule has 1 saturated heterocycles. The molecule has 1 aliphatic heterocycles. The summed E-state index contributed by atoms with van der Waals surface area (Å²) in [6.45, 7) is 0.597. The maximum Gasteiger partial charge on any atom is 0.143 e. The molecule has 3 atom stereocenters. The Labute approximate surface area is 142 Å². The van der Waals surface area contributed by atoms with E-state index in [1.807, 2.05) is 36.4 Å². The van der Waals surface area contributed by atoms with Crippen molar-refractivity contribution in [2.24, 2.45) is 11.8 Å². The van der Waals surface area contributed by atoms with E-state index >= 15 is 0 Å². The Hall–Kier alpha value is -2.13. The summed E-state index contributed by atoms with van der Waals surface area (Å²) in [6.07, 6.45) is 2.04. The Morgan fingerprint density at radius 2 is 1.58 bits per heavy atom. The van der Waals surface area contributed by atoms with Gasteiger partial charge in [-0.3, -0.25) is 4.79 Å². The van der Waals surface area contributed by atoms with Gasteiger partial charge in [-0.25, -0.2) is 0 Å². The Kier molecular flexibility index (Phi) is 4.11. The number of ketones is 1. The SMILES string of the molecule is O=C(C1CC1)C1CN(c2ccccc2)C(c2ccccc2)CC1O. The lowest BCUT2D eigenvalue weighted by Crippen LogP contribution is -2.48. The summed E-state index contributed by atoms with van der Waals surface area (Å²) in [5.74, 6) is 0.183. The number of hydrogen-bond acceptors (Lipinski definition) is 3. The van der Waals surface area contributed by atoms with Crippen LogP contribution in [0.15, 0.2) is 60.7 Å². The second-order valence-corrected chi connectivity index (χ2v) is 7.00. The molecular weight excluding hydrogens is 298 g/mol. The zero-order valence-corrected chi connectivity index (χ0v) is 13.7. The van der Waals surface area contributed by atoms with Crippen molar-refractivity contribution < 1.29 is 9.90 Å². The molecule has 0 radical (unpaired) electrons. The Morgan fingerprint density at radius 1 is 0.958 bits per heavy atom. The molecule has 2 aliphatic rings. The van der Waals surface area contributed by atoms with Crippen molar-refractivity contribution in [1.29, 1.82) is 0 Å². The lowest BCUT2D eigenvalue weighted by Gasteiger charge is -2.43. The highest BCUT2D eigenvalue weighted by Crippen LogP contribution is 2.41. The molecule has 4 rings (SSSR count). The van der Waals surface area contributed by atoms with E-state index in [1.165, 1.54) is 5.56 Å². The monoisotopic (exact) mass is 321 g/mol. The summed E-state index contributed by atoms with van der Waals surface area (Å²) in [6, 6.07) is 20.6. The minimum atomic E-state index is -0.553. The van der Waals surface area contributed by atoms with Crippen LogP contribution in [-0.2, 0) is 4.79 Å². The van der Waals surface area contributed by atoms with Crippen LogP contribution < -0.4 is 4.90 Å². The summed E-state index contributed by atoms with van der Waals surface area (Å²) < 4.78 is 0. The van der Waals surface area contributed by atoms with E-state index in [0.717, 1.165) is 18.5 Å². The van der Waals surface area contributed by atoms with Crippen LogP contribution in [0.25, 0.3) is 0 Å². The molecule has 3 unspecified atom stereocenters. The first-order chi connectivity index (χ1) is 11.7. The van der Waals surface area contributed by atoms with Crippen LogP contribution in [0.2, 0.25) is 0 Å². The molecule has 124 valence electrons. The zero-order chi connectivity index (χ0) is 16.5. The molecule has 1 N–H and O–H groups in total. The molecule has 2 aromatic rings. The van der Waals surface area contributed by atoms with Crippen molar-refractivity contribution in [1.82, 2.24) is 0 Å². The number of benzene rings is 2. The van der Waals surface area contributed by atoms with E-state index in [-0.39, 0.29) is 23.7 Å². The van der Waals surface area contributed by atoms with Crippen LogP contribution in [0.3, 0.4) is 0 Å². The van der Waals surface area contributed by atoms with Crippen molar-refractivity contribution in [2.45, 2.75) is 31.4 Å². The van der Waals surface area contributed by atoms with E-state index in [0.29, 0.717) is 13.0 Å². The summed E-state index contributed by atoms with van der Waals surface area (Å²) in [4.78, 5) is 14.9. The largest absolute Gasteiger partial charge is 0.392 e. The average molecular weight is 321 g/mol. The Bertz CT molecular complexity index is 696. The fraction of sp³-hybridized carbons (Fsp3) is 0.381. The molecule has 0 spiro atoms. The maximum atomic E-state index is 12.6. The number of para-hydroxylation sites is 1. The van der Waals surface area contributed by atoms with Gasteiger partial charge in [0.15, 0.2) is 0 Å². The van der Waals surface area contributed by atoms with Gasteiger partial charge in [0.05, 0.1) is 18.1 Å². The van der Waals surface area contributed by atoms with Crippen LogP contribution >= 0.6 is 0 Å². The molecule has 0 amide bonds. The minimum absolute atomic E-state index is 0.104. The summed E-state index contributed by atoms with van der Waals surface area (Å²) in [5.41, 5.74) is 2.31. The van der Waals surface area contributed by atoms with Gasteiger partial charge in [-0.2, -0.15) is 0 Å². The number of hydrogen-bond donors (Lipinski definition) is 1. The van der Waals surface area contributed by atoms with Crippen molar-refractivity contribution in [3.8, 4) is 0 Å². The number of aliphatic hydroxyl groups excluding tert-OH is 1. The summed E-state index contributed by atoms with van der Waals surface area (Å²) >= 11 is 0. The van der Waals surface area contributed by atoms with Crippen LogP contribution in [0.1, 0.15) is 30.9 Å². The van der Waals surface area contributed by atoms with E-state index in [2.05, 4.69) is 29.2 Å². The van der Waals surface area contributed by atoms with Crippen LogP contribution in [0.5, 0.6) is 0 Å². The van der Waals surface area contributed by atoms with Gasteiger partial charge >= 0.3 is 0 Å². The number of carbonyl (C=O) groups is 1. The molecule has 1 heterocycles. The number of piperidine rings is 1. The lowest BCUT2D eigenvalue weighted by atomic mass is 9.82. The van der Waals surface area contributed by atoms with Crippen LogP contribution in [0, 0.1) is 11.8 Å². The molecule has 3 nitrogen and oxygen atoms in total. The predicted molar refractivity (Wildman–Crippen MR) is 94.8 cm³/mol. The summed E-state index contributed by atoms with van der Waals surface area (Å²) in [7, 11) is 0. The molecule has 2 aromatic carbocycles. The smallest absolute Gasteiger partial charge is 0.143 e. The number of anilines is 1. The van der Waals surface area contributed by atoms with E-state index in [4.69, 9.17) is 0 Å². The van der Waals surface area contributed by atoms with Crippen LogP contribution in [0.4, 0.5) is 5.69 Å². The molecule has 1 saturated carbocycles. The molecule has 1 aliphatic carbocycles. The van der Waals surface area contributed by atoms with Gasteiger partial charge in [0, 0.05) is 18.2 Å². The summed E-state index contributed by atoms with van der Waals surface area (Å²) in [5, 5.41) is 10.7. The van der Waals surface area contributed by atoms with Gasteiger partial charge in [-0.05, 0) is 37.0 Å². The van der Waals surface area contributed by atoms with Gasteiger partial charge in [0.1, 0.15) is 5.78 Å². The van der Waals surface area contributed by atoms with Crippen LogP contribution in [-0.4, -0.2) is 23.5 Å². The van der Waals surface area contributed by atoms with Crippen molar-refractivity contribution in [3.05, 3.63) is 66.2 Å². The Balaban J connectivity index is 1.67. The van der Waals surface area contributed by atoms with Crippen molar-refractivity contribution >= 4 is 11.5 Å². The first kappa shape index (κ1) is 15.4. The van der Waals surface area contributed by atoms with E-state index in [9.17, 15) is 9.90 Å². The number of Topliss-reactive ketones (excluding diaryl/α,β-unsaturated/α-hetero) is 1. The molecule has 3 heteroatoms. The standard InChI is InChI=1S/C21H23NO2/c23-20-13-19(15-7-3-1-4-8-15)22(17-9-5-2-6-10-17)14-18(20)21(24)16-11-12-16/h1-10,16,18-20,23H,11-14H2. The van der Waals surface area contributed by atoms with Gasteiger partial charge in [-0.1, -0.05) is 48.5 Å². The third kappa shape index (κ3) is 2.96. The quantitative estimate of drug-likeness (QED) is 0.935. The molecule has 0 bridgehead atoms. The highest BCUT2D eigenvalue weighted by molar-refractivity contribution is 5.86. The highest BCUT2D eigenvalue weighted by atomic mass is 16.3. The minimum Gasteiger partial charge on any atom is -0.392 e. The van der Waals surface area contributed by atoms with Gasteiger partial charge < -0.3 is 10.0 Å². The topological polar surface area (TPSA) is 40.5 Å². The first-order valence-corrected chi connectivity index (χ1v) is 8.82. The number of rotatable bonds is 4. The molecule has 2 fully saturated rings. The number of nitrogens with zero attached hydrogens (tertiary/aromatic N) is 1. The second-order valence-electron chi connectivity index (χ2n) is 7.00. The predicted octanol–water partition coefficient (Wildman–Crippen LogP) is 3.59. The fourth-order valence-electron chi connectivity index (χ4n) is 3.83. The first-order valence-electron chi connectivity index (χ1n) is 8.82. The Morgan fingerprint density at radius 3 is 2.21 bits per heavy atom. The second kappa shape index (κ2) is 6.40. The van der Waals surface area contributed by atoms with Gasteiger partial charge in [0.25, 0.3) is 0 Å². The van der Waals surface area contributed by atoms with E-state index < -0.39 is 6.10 Å². The third-order valence-electron chi connectivity index (χ3n) is 5.32. The van der Waals surface area contributed by atoms with Gasteiger partial charge in [0.2, 0.25) is 0 Å². The number of carbonyl (C=O) groups excluding carboxylic acids is 1. The fourth-order valence-corrected chi connectivity index (χ4v) is 3.83. The molecular formula is C21H23NO2. The molecule has 24 heavy (non-hydrogen) atoms.